The van der Waals surface area contributed by atoms with E-state index in [1.165, 1.54) is 6.92 Å². The minimum atomic E-state index is -0.195. The fraction of sp³-hybridized carbons (Fsp3) is 0.200. The Hall–Kier alpha value is -1.84. The van der Waals surface area contributed by atoms with Crippen LogP contribution in [0.4, 0.5) is 0 Å². The molecule has 0 radical (unpaired) electrons. The number of carbonyl (C=O) groups is 2. The van der Waals surface area contributed by atoms with Crippen molar-refractivity contribution in [1.29, 1.82) is 0 Å². The normalized spacial score (nSPS) is 9.21. The van der Waals surface area contributed by atoms with Gasteiger partial charge in [-0.2, -0.15) is 0 Å². The highest BCUT2D eigenvalue weighted by molar-refractivity contribution is 5.94. The molecule has 0 heterocycles. The number of benzene rings is 1. The van der Waals surface area contributed by atoms with Gasteiger partial charge in [-0.25, -0.2) is 0 Å². The van der Waals surface area contributed by atoms with Gasteiger partial charge in [0, 0.05) is 12.5 Å². The molecule has 1 aromatic carbocycles. The molecular formula is C10H12N2O2. The molecule has 0 unspecified atom stereocenters. The van der Waals surface area contributed by atoms with Crippen LogP contribution in [0.1, 0.15) is 17.3 Å². The molecule has 74 valence electrons. The van der Waals surface area contributed by atoms with Crippen LogP contribution >= 0.6 is 0 Å². The predicted molar refractivity (Wildman–Crippen MR) is 52.6 cm³/mol. The SMILES string of the molecule is CC(=O)NCNC(=O)c1ccccc1. The average Bonchev–Trinajstić information content (AvgIpc) is 2.18. The van der Waals surface area contributed by atoms with Gasteiger partial charge in [-0.05, 0) is 12.1 Å². The number of nitrogens with one attached hydrogen (secondary N) is 2. The van der Waals surface area contributed by atoms with Crippen molar-refractivity contribution in [2.75, 3.05) is 6.67 Å². The van der Waals surface area contributed by atoms with Crippen molar-refractivity contribution >= 4 is 11.8 Å². The fourth-order valence-corrected chi connectivity index (χ4v) is 0.941. The standard InChI is InChI=1S/C10H12N2O2/c1-8(13)11-7-12-10(14)9-5-3-2-4-6-9/h2-6H,7H2,1H3,(H,11,13)(H,12,14). The molecule has 0 atom stereocenters. The third-order valence-corrected chi connectivity index (χ3v) is 1.62. The molecule has 2 N–H and O–H groups in total. The molecule has 1 aromatic rings. The largest absolute Gasteiger partial charge is 0.339 e. The van der Waals surface area contributed by atoms with Gasteiger partial charge in [-0.3, -0.25) is 9.59 Å². The van der Waals surface area contributed by atoms with Crippen LogP contribution in [0.3, 0.4) is 0 Å². The van der Waals surface area contributed by atoms with Crippen LogP contribution in [0.5, 0.6) is 0 Å². The summed E-state index contributed by atoms with van der Waals surface area (Å²) < 4.78 is 0. The van der Waals surface area contributed by atoms with Crippen LogP contribution in [0.15, 0.2) is 30.3 Å². The number of hydrogen-bond donors (Lipinski definition) is 2. The third-order valence-electron chi connectivity index (χ3n) is 1.62. The van der Waals surface area contributed by atoms with Gasteiger partial charge in [0.05, 0.1) is 6.67 Å². The Kier molecular flexibility index (Phi) is 3.67. The van der Waals surface area contributed by atoms with Crippen LogP contribution in [-0.4, -0.2) is 18.5 Å². The van der Waals surface area contributed by atoms with Crippen molar-refractivity contribution in [1.82, 2.24) is 10.6 Å². The Balaban J connectivity index is 2.40. The molecule has 14 heavy (non-hydrogen) atoms. The zero-order chi connectivity index (χ0) is 10.4. The van der Waals surface area contributed by atoms with Crippen LogP contribution in [0.25, 0.3) is 0 Å². The maximum Gasteiger partial charge on any atom is 0.252 e. The van der Waals surface area contributed by atoms with Gasteiger partial charge in [0.1, 0.15) is 0 Å². The van der Waals surface area contributed by atoms with Crippen molar-refractivity contribution in [3.05, 3.63) is 35.9 Å². The second-order valence-corrected chi connectivity index (χ2v) is 2.78. The number of hydrogen-bond acceptors (Lipinski definition) is 2. The molecule has 0 fully saturated rings. The molecule has 0 aromatic heterocycles. The summed E-state index contributed by atoms with van der Waals surface area (Å²) in [5, 5.41) is 5.03. The summed E-state index contributed by atoms with van der Waals surface area (Å²) in [6.07, 6.45) is 0. The van der Waals surface area contributed by atoms with Gasteiger partial charge in [-0.15, -0.1) is 0 Å². The molecule has 0 aliphatic heterocycles. The van der Waals surface area contributed by atoms with Gasteiger partial charge < -0.3 is 10.6 Å². The topological polar surface area (TPSA) is 58.2 Å². The molecule has 4 heteroatoms. The quantitative estimate of drug-likeness (QED) is 0.685. The summed E-state index contributed by atoms with van der Waals surface area (Å²) in [5.41, 5.74) is 0.581. The molecule has 0 aliphatic carbocycles. The lowest BCUT2D eigenvalue weighted by Crippen LogP contribution is -2.36. The first-order valence-corrected chi connectivity index (χ1v) is 4.28. The molecule has 0 spiro atoms. The van der Waals surface area contributed by atoms with Crippen molar-refractivity contribution in [3.8, 4) is 0 Å². The monoisotopic (exact) mass is 192 g/mol. The molecule has 0 saturated heterocycles. The maximum atomic E-state index is 11.4. The zero-order valence-corrected chi connectivity index (χ0v) is 7.91. The summed E-state index contributed by atoms with van der Waals surface area (Å²) in [6.45, 7) is 1.55. The molecule has 0 aliphatic rings. The highest BCUT2D eigenvalue weighted by Crippen LogP contribution is 1.96. The smallest absolute Gasteiger partial charge is 0.252 e. The zero-order valence-electron chi connectivity index (χ0n) is 7.91. The Labute approximate surface area is 82.3 Å². The van der Waals surface area contributed by atoms with Gasteiger partial charge in [0.25, 0.3) is 5.91 Å². The summed E-state index contributed by atoms with van der Waals surface area (Å²) >= 11 is 0. The summed E-state index contributed by atoms with van der Waals surface area (Å²) in [6, 6.07) is 8.83. The summed E-state index contributed by atoms with van der Waals surface area (Å²) in [5.74, 6) is -0.363. The van der Waals surface area contributed by atoms with Crippen molar-refractivity contribution in [2.45, 2.75) is 6.92 Å². The van der Waals surface area contributed by atoms with Crippen LogP contribution in [-0.2, 0) is 4.79 Å². The van der Waals surface area contributed by atoms with E-state index in [1.54, 1.807) is 24.3 Å². The minimum Gasteiger partial charge on any atom is -0.339 e. The first-order chi connectivity index (χ1) is 6.70. The lowest BCUT2D eigenvalue weighted by molar-refractivity contribution is -0.118. The Morgan fingerprint density at radius 2 is 1.79 bits per heavy atom. The van der Waals surface area contributed by atoms with E-state index in [2.05, 4.69) is 10.6 Å². The second kappa shape index (κ2) is 5.01. The number of carbonyl (C=O) groups excluding carboxylic acids is 2. The van der Waals surface area contributed by atoms with Gasteiger partial charge in [-0.1, -0.05) is 18.2 Å². The number of rotatable bonds is 3. The van der Waals surface area contributed by atoms with Crippen LogP contribution < -0.4 is 10.6 Å². The van der Waals surface area contributed by atoms with E-state index in [0.717, 1.165) is 0 Å². The lowest BCUT2D eigenvalue weighted by Gasteiger charge is -2.04. The summed E-state index contributed by atoms with van der Waals surface area (Å²) in [4.78, 5) is 21.9. The van der Waals surface area contributed by atoms with E-state index in [-0.39, 0.29) is 18.5 Å². The molecule has 2 amide bonds. The molecular weight excluding hydrogens is 180 g/mol. The van der Waals surface area contributed by atoms with Gasteiger partial charge >= 0.3 is 0 Å². The van der Waals surface area contributed by atoms with E-state index in [9.17, 15) is 9.59 Å². The Morgan fingerprint density at radius 3 is 2.36 bits per heavy atom. The van der Waals surface area contributed by atoms with E-state index in [0.29, 0.717) is 5.56 Å². The third kappa shape index (κ3) is 3.26. The summed E-state index contributed by atoms with van der Waals surface area (Å²) in [7, 11) is 0. The van der Waals surface area contributed by atoms with Crippen molar-refractivity contribution in [3.63, 3.8) is 0 Å². The molecule has 0 bridgehead atoms. The highest BCUT2D eigenvalue weighted by atomic mass is 16.2. The van der Waals surface area contributed by atoms with Crippen molar-refractivity contribution < 1.29 is 9.59 Å². The van der Waals surface area contributed by atoms with E-state index < -0.39 is 0 Å². The maximum absolute atomic E-state index is 11.4. The first kappa shape index (κ1) is 10.2. The fourth-order valence-electron chi connectivity index (χ4n) is 0.941. The van der Waals surface area contributed by atoms with Crippen LogP contribution in [0, 0.1) is 0 Å². The van der Waals surface area contributed by atoms with E-state index >= 15 is 0 Å². The molecule has 1 rings (SSSR count). The van der Waals surface area contributed by atoms with Crippen molar-refractivity contribution in [2.24, 2.45) is 0 Å². The van der Waals surface area contributed by atoms with Gasteiger partial charge in [0.15, 0.2) is 0 Å². The lowest BCUT2D eigenvalue weighted by atomic mass is 10.2. The highest BCUT2D eigenvalue weighted by Gasteiger charge is 2.02. The van der Waals surface area contributed by atoms with E-state index in [1.807, 2.05) is 6.07 Å². The minimum absolute atomic E-state index is 0.156. The second-order valence-electron chi connectivity index (χ2n) is 2.78. The number of amides is 2. The van der Waals surface area contributed by atoms with Gasteiger partial charge in [0.2, 0.25) is 5.91 Å². The predicted octanol–water partition coefficient (Wildman–Crippen LogP) is 0.510. The first-order valence-electron chi connectivity index (χ1n) is 4.28. The average molecular weight is 192 g/mol. The molecule has 0 saturated carbocycles. The molecule has 4 nitrogen and oxygen atoms in total. The van der Waals surface area contributed by atoms with E-state index in [4.69, 9.17) is 0 Å². The Morgan fingerprint density at radius 1 is 1.14 bits per heavy atom. The Bertz CT molecular complexity index is 322. The van der Waals surface area contributed by atoms with Crippen LogP contribution in [0.2, 0.25) is 0 Å².